The lowest BCUT2D eigenvalue weighted by Crippen LogP contribution is -2.13. The summed E-state index contributed by atoms with van der Waals surface area (Å²) in [6.45, 7) is 0. The summed E-state index contributed by atoms with van der Waals surface area (Å²) >= 11 is 11.3. The molecule has 0 spiro atoms. The lowest BCUT2D eigenvalue weighted by atomic mass is 10.1. The molecule has 22 heavy (non-hydrogen) atoms. The Bertz CT molecular complexity index is 784. The number of rotatable bonds is 3. The van der Waals surface area contributed by atoms with E-state index in [1.54, 1.807) is 0 Å². The second-order valence-corrected chi connectivity index (χ2v) is 4.94. The fraction of sp³-hybridized carbons (Fsp3) is 0. The van der Waals surface area contributed by atoms with Gasteiger partial charge in [0.2, 0.25) is 5.82 Å². The normalized spacial score (nSPS) is 10.4. The van der Waals surface area contributed by atoms with Crippen LogP contribution in [0, 0.1) is 21.7 Å². The Hall–Kier alpha value is -2.25. The van der Waals surface area contributed by atoms with Gasteiger partial charge in [-0.15, -0.1) is 0 Å². The summed E-state index contributed by atoms with van der Waals surface area (Å²) in [7, 11) is 0. The first-order chi connectivity index (χ1) is 10.3. The molecule has 9 heteroatoms. The minimum Gasteiger partial charge on any atom is -0.322 e. The number of carbonyl (C=O) groups excluding carboxylic acids is 1. The van der Waals surface area contributed by atoms with Gasteiger partial charge < -0.3 is 5.32 Å². The number of hydrogen-bond donors (Lipinski definition) is 1. The SMILES string of the molecule is O=C(Nc1ccc(F)c(Cl)c1)c1cc([N+](=O)[O-])c(F)cc1Cl. The quantitative estimate of drug-likeness (QED) is 0.659. The van der Waals surface area contributed by atoms with Gasteiger partial charge >= 0.3 is 5.69 Å². The highest BCUT2D eigenvalue weighted by atomic mass is 35.5. The molecular formula is C13H6Cl2F2N2O3. The van der Waals surface area contributed by atoms with Crippen LogP contribution in [-0.2, 0) is 0 Å². The zero-order valence-corrected chi connectivity index (χ0v) is 12.1. The number of nitro benzene ring substituents is 1. The van der Waals surface area contributed by atoms with Crippen LogP contribution in [0.5, 0.6) is 0 Å². The summed E-state index contributed by atoms with van der Waals surface area (Å²) in [5.74, 6) is -2.65. The third-order valence-electron chi connectivity index (χ3n) is 2.66. The van der Waals surface area contributed by atoms with Crippen LogP contribution in [0.1, 0.15) is 10.4 Å². The highest BCUT2D eigenvalue weighted by molar-refractivity contribution is 6.34. The predicted molar refractivity (Wildman–Crippen MR) is 77.4 cm³/mol. The summed E-state index contributed by atoms with van der Waals surface area (Å²) in [4.78, 5) is 21.7. The fourth-order valence-electron chi connectivity index (χ4n) is 1.62. The minimum atomic E-state index is -1.16. The number of benzene rings is 2. The van der Waals surface area contributed by atoms with E-state index >= 15 is 0 Å². The van der Waals surface area contributed by atoms with E-state index in [0.29, 0.717) is 6.07 Å². The van der Waals surface area contributed by atoms with E-state index in [9.17, 15) is 23.7 Å². The lowest BCUT2D eigenvalue weighted by Gasteiger charge is -2.08. The molecule has 0 aliphatic rings. The molecule has 5 nitrogen and oxygen atoms in total. The largest absolute Gasteiger partial charge is 0.322 e. The van der Waals surface area contributed by atoms with Crippen molar-refractivity contribution in [3.63, 3.8) is 0 Å². The van der Waals surface area contributed by atoms with Crippen molar-refractivity contribution in [2.24, 2.45) is 0 Å². The molecule has 0 heterocycles. The van der Waals surface area contributed by atoms with Crippen molar-refractivity contribution in [1.29, 1.82) is 0 Å². The second-order valence-electron chi connectivity index (χ2n) is 4.12. The molecule has 2 rings (SSSR count). The molecule has 0 aromatic heterocycles. The van der Waals surface area contributed by atoms with Crippen molar-refractivity contribution in [2.75, 3.05) is 5.32 Å². The summed E-state index contributed by atoms with van der Waals surface area (Å²) in [6, 6.07) is 4.82. The Kier molecular flexibility index (Phi) is 4.58. The molecule has 0 aliphatic heterocycles. The van der Waals surface area contributed by atoms with Gasteiger partial charge in [0.15, 0.2) is 0 Å². The van der Waals surface area contributed by atoms with Gasteiger partial charge in [0.05, 0.1) is 20.5 Å². The molecule has 1 amide bonds. The van der Waals surface area contributed by atoms with Crippen LogP contribution in [0.4, 0.5) is 20.2 Å². The molecule has 0 aliphatic carbocycles. The number of nitrogens with zero attached hydrogens (tertiary/aromatic N) is 1. The van der Waals surface area contributed by atoms with E-state index in [1.165, 1.54) is 6.07 Å². The highest BCUT2D eigenvalue weighted by Crippen LogP contribution is 2.27. The average Bonchev–Trinajstić information content (AvgIpc) is 2.42. The Balaban J connectivity index is 2.35. The zero-order chi connectivity index (χ0) is 16.4. The number of nitrogens with one attached hydrogen (secondary N) is 1. The number of carbonyl (C=O) groups is 1. The summed E-state index contributed by atoms with van der Waals surface area (Å²) in [5.41, 5.74) is -1.03. The molecule has 0 saturated carbocycles. The number of halogens is 4. The fourth-order valence-corrected chi connectivity index (χ4v) is 2.04. The van der Waals surface area contributed by atoms with Gasteiger partial charge in [0.25, 0.3) is 5.91 Å². The summed E-state index contributed by atoms with van der Waals surface area (Å²) < 4.78 is 26.4. The second kappa shape index (κ2) is 6.25. The van der Waals surface area contributed by atoms with Crippen LogP contribution >= 0.6 is 23.2 Å². The smallest absolute Gasteiger partial charge is 0.305 e. The first kappa shape index (κ1) is 16.1. The monoisotopic (exact) mass is 346 g/mol. The third kappa shape index (κ3) is 3.32. The van der Waals surface area contributed by atoms with Gasteiger partial charge in [-0.05, 0) is 18.2 Å². The standard InChI is InChI=1S/C13H6Cl2F2N2O3/c14-8-5-11(17)12(19(21)22)4-7(8)13(20)18-6-1-2-10(16)9(15)3-6/h1-5H,(H,18,20). The molecule has 0 bridgehead atoms. The Morgan fingerprint density at radius 1 is 1.09 bits per heavy atom. The third-order valence-corrected chi connectivity index (χ3v) is 3.26. The topological polar surface area (TPSA) is 72.2 Å². The van der Waals surface area contributed by atoms with Gasteiger partial charge in [-0.2, -0.15) is 4.39 Å². The first-order valence-corrected chi connectivity index (χ1v) is 6.45. The molecular weight excluding hydrogens is 341 g/mol. The minimum absolute atomic E-state index is 0.152. The van der Waals surface area contributed by atoms with Crippen LogP contribution in [0.3, 0.4) is 0 Å². The molecule has 114 valence electrons. The van der Waals surface area contributed by atoms with Crippen LogP contribution < -0.4 is 5.32 Å². The molecule has 1 N–H and O–H groups in total. The van der Waals surface area contributed by atoms with Gasteiger partial charge in [-0.3, -0.25) is 14.9 Å². The molecule has 0 fully saturated rings. The molecule has 0 unspecified atom stereocenters. The molecule has 2 aromatic rings. The average molecular weight is 347 g/mol. The number of nitro groups is 1. The van der Waals surface area contributed by atoms with Crippen molar-refractivity contribution in [2.45, 2.75) is 0 Å². The maximum atomic E-state index is 13.4. The maximum absolute atomic E-state index is 13.4. The van der Waals surface area contributed by atoms with E-state index in [-0.39, 0.29) is 21.3 Å². The van der Waals surface area contributed by atoms with Crippen molar-refractivity contribution in [3.05, 3.63) is 67.7 Å². The van der Waals surface area contributed by atoms with Gasteiger partial charge in [0, 0.05) is 17.8 Å². The Morgan fingerprint density at radius 3 is 2.36 bits per heavy atom. The summed E-state index contributed by atoms with van der Waals surface area (Å²) in [5, 5.41) is 12.5. The van der Waals surface area contributed by atoms with E-state index in [4.69, 9.17) is 23.2 Å². The predicted octanol–water partition coefficient (Wildman–Crippen LogP) is 4.43. The lowest BCUT2D eigenvalue weighted by molar-refractivity contribution is -0.387. The van der Waals surface area contributed by atoms with Gasteiger partial charge in [-0.25, -0.2) is 4.39 Å². The highest BCUT2D eigenvalue weighted by Gasteiger charge is 2.21. The van der Waals surface area contributed by atoms with E-state index in [2.05, 4.69) is 5.32 Å². The molecule has 0 radical (unpaired) electrons. The van der Waals surface area contributed by atoms with Crippen LogP contribution in [0.15, 0.2) is 30.3 Å². The van der Waals surface area contributed by atoms with Crippen molar-refractivity contribution < 1.29 is 18.5 Å². The molecule has 2 aromatic carbocycles. The van der Waals surface area contributed by atoms with Crippen LogP contribution in [0.2, 0.25) is 10.0 Å². The zero-order valence-electron chi connectivity index (χ0n) is 10.6. The number of hydrogen-bond acceptors (Lipinski definition) is 3. The summed E-state index contributed by atoms with van der Waals surface area (Å²) in [6.07, 6.45) is 0. The van der Waals surface area contributed by atoms with Crippen LogP contribution in [0.25, 0.3) is 0 Å². The first-order valence-electron chi connectivity index (χ1n) is 5.69. The van der Waals surface area contributed by atoms with Crippen molar-refractivity contribution >= 4 is 40.5 Å². The van der Waals surface area contributed by atoms with Crippen molar-refractivity contribution in [3.8, 4) is 0 Å². The van der Waals surface area contributed by atoms with E-state index < -0.39 is 28.2 Å². The molecule has 0 atom stereocenters. The number of amides is 1. The van der Waals surface area contributed by atoms with Crippen LogP contribution in [-0.4, -0.2) is 10.8 Å². The molecule has 0 saturated heterocycles. The van der Waals surface area contributed by atoms with Gasteiger partial charge in [0.1, 0.15) is 5.82 Å². The van der Waals surface area contributed by atoms with E-state index in [0.717, 1.165) is 18.2 Å². The Labute approximate surface area is 132 Å². The van der Waals surface area contributed by atoms with Crippen molar-refractivity contribution in [1.82, 2.24) is 0 Å². The Morgan fingerprint density at radius 2 is 1.77 bits per heavy atom. The number of anilines is 1. The maximum Gasteiger partial charge on any atom is 0.305 e. The van der Waals surface area contributed by atoms with Gasteiger partial charge in [-0.1, -0.05) is 23.2 Å². The van der Waals surface area contributed by atoms with E-state index in [1.807, 2.05) is 0 Å².